The molecule has 3 aromatic rings. The minimum Gasteiger partial charge on any atom is -0.349 e. The van der Waals surface area contributed by atoms with Crippen molar-refractivity contribution >= 4 is 27.4 Å². The van der Waals surface area contributed by atoms with Crippen LogP contribution in [0.5, 0.6) is 0 Å². The molecule has 0 amide bonds. The summed E-state index contributed by atoms with van der Waals surface area (Å²) in [7, 11) is 2.13. The zero-order valence-electron chi connectivity index (χ0n) is 14.3. The summed E-state index contributed by atoms with van der Waals surface area (Å²) in [6.45, 7) is 4.06. The van der Waals surface area contributed by atoms with Gasteiger partial charge in [0.15, 0.2) is 0 Å². The van der Waals surface area contributed by atoms with Gasteiger partial charge < -0.3 is 10.2 Å². The van der Waals surface area contributed by atoms with Crippen LogP contribution in [0.25, 0.3) is 21.3 Å². The van der Waals surface area contributed by atoms with E-state index in [9.17, 15) is 4.39 Å². The van der Waals surface area contributed by atoms with Crippen molar-refractivity contribution in [2.24, 2.45) is 0 Å². The lowest BCUT2D eigenvalue weighted by atomic mass is 10.1. The molecule has 1 aliphatic heterocycles. The Morgan fingerprint density at radius 1 is 1.32 bits per heavy atom. The predicted molar refractivity (Wildman–Crippen MR) is 99.5 cm³/mol. The van der Waals surface area contributed by atoms with Gasteiger partial charge in [-0.15, -0.1) is 21.5 Å². The first-order valence-corrected chi connectivity index (χ1v) is 9.31. The number of fused-ring (bicyclic) bond motifs is 1. The molecule has 0 unspecified atom stereocenters. The normalized spacial score (nSPS) is 18.6. The van der Waals surface area contributed by atoms with E-state index in [1.54, 1.807) is 6.07 Å². The monoisotopic (exact) mass is 357 g/mol. The number of likely N-dealkylation sites (N-methyl/N-ethyl adjacent to an activating group) is 1. The molecular weight excluding hydrogens is 337 g/mol. The molecule has 0 saturated carbocycles. The van der Waals surface area contributed by atoms with Crippen molar-refractivity contribution in [3.8, 4) is 11.3 Å². The van der Waals surface area contributed by atoms with Crippen LogP contribution >= 0.6 is 11.3 Å². The standard InChI is InChI=1S/C18H20FN5S/c1-11-17(12-5-6-14-15(19)10-25-16(14)8-12)22-23-18(20-11)21-13-4-3-7-24(2)9-13/h5-6,8,10,13H,3-4,7,9H2,1-2H3,(H,20,21,23)/t13-/m1/s1. The molecule has 1 fully saturated rings. The van der Waals surface area contributed by atoms with Gasteiger partial charge in [0.25, 0.3) is 0 Å². The minimum atomic E-state index is -0.176. The van der Waals surface area contributed by atoms with Crippen molar-refractivity contribution in [3.63, 3.8) is 0 Å². The van der Waals surface area contributed by atoms with Crippen molar-refractivity contribution in [2.45, 2.75) is 25.8 Å². The van der Waals surface area contributed by atoms with E-state index in [-0.39, 0.29) is 5.82 Å². The Morgan fingerprint density at radius 2 is 2.20 bits per heavy atom. The van der Waals surface area contributed by atoms with Gasteiger partial charge in [-0.25, -0.2) is 9.37 Å². The van der Waals surface area contributed by atoms with Gasteiger partial charge in [0.05, 0.1) is 5.69 Å². The van der Waals surface area contributed by atoms with E-state index in [1.165, 1.54) is 23.1 Å². The van der Waals surface area contributed by atoms with E-state index in [0.29, 0.717) is 17.4 Å². The van der Waals surface area contributed by atoms with E-state index in [4.69, 9.17) is 0 Å². The van der Waals surface area contributed by atoms with Crippen molar-refractivity contribution in [1.29, 1.82) is 0 Å². The molecule has 1 aliphatic rings. The van der Waals surface area contributed by atoms with Crippen LogP contribution in [0.4, 0.5) is 10.3 Å². The number of aryl methyl sites for hydroxylation is 1. The Labute approximate surface area is 149 Å². The highest BCUT2D eigenvalue weighted by atomic mass is 32.1. The number of benzene rings is 1. The number of hydrogen-bond donors (Lipinski definition) is 1. The predicted octanol–water partition coefficient (Wildman–Crippen LogP) is 3.71. The summed E-state index contributed by atoms with van der Waals surface area (Å²) >= 11 is 1.39. The first-order chi connectivity index (χ1) is 12.1. The Morgan fingerprint density at radius 3 is 3.00 bits per heavy atom. The Balaban J connectivity index is 1.58. The number of thiophene rings is 1. The number of aromatic nitrogens is 3. The highest BCUT2D eigenvalue weighted by Crippen LogP contribution is 2.30. The van der Waals surface area contributed by atoms with Crippen LogP contribution in [0.2, 0.25) is 0 Å². The quantitative estimate of drug-likeness (QED) is 0.774. The van der Waals surface area contributed by atoms with E-state index < -0.39 is 0 Å². The van der Waals surface area contributed by atoms with Crippen LogP contribution < -0.4 is 5.32 Å². The molecule has 5 nitrogen and oxygen atoms in total. The summed E-state index contributed by atoms with van der Waals surface area (Å²) < 4.78 is 14.5. The van der Waals surface area contributed by atoms with Crippen LogP contribution in [0.1, 0.15) is 18.5 Å². The molecule has 0 bridgehead atoms. The van der Waals surface area contributed by atoms with Gasteiger partial charge in [-0.3, -0.25) is 0 Å². The molecule has 25 heavy (non-hydrogen) atoms. The number of piperidine rings is 1. The van der Waals surface area contributed by atoms with Crippen LogP contribution in [0.15, 0.2) is 23.6 Å². The summed E-state index contributed by atoms with van der Waals surface area (Å²) in [6, 6.07) is 5.98. The second kappa shape index (κ2) is 6.65. The lowest BCUT2D eigenvalue weighted by Gasteiger charge is -2.30. The fraction of sp³-hybridized carbons (Fsp3) is 0.389. The van der Waals surface area contributed by atoms with Gasteiger partial charge in [0.2, 0.25) is 5.95 Å². The largest absolute Gasteiger partial charge is 0.349 e. The van der Waals surface area contributed by atoms with Crippen molar-refractivity contribution < 1.29 is 4.39 Å². The third-order valence-corrected chi connectivity index (χ3v) is 5.54. The van der Waals surface area contributed by atoms with Gasteiger partial charge in [0, 0.05) is 33.6 Å². The average Bonchev–Trinajstić information content (AvgIpc) is 2.96. The van der Waals surface area contributed by atoms with Crippen LogP contribution in [0.3, 0.4) is 0 Å². The Hall–Kier alpha value is -2.12. The SMILES string of the molecule is Cc1nc(N[C@@H]2CCCN(C)C2)nnc1-c1ccc2c(F)csc2c1. The van der Waals surface area contributed by atoms with E-state index in [2.05, 4.69) is 32.4 Å². The van der Waals surface area contributed by atoms with Crippen LogP contribution in [0, 0.1) is 12.7 Å². The zero-order chi connectivity index (χ0) is 17.4. The Bertz CT molecular complexity index is 910. The van der Waals surface area contributed by atoms with Crippen molar-refractivity contribution in [1.82, 2.24) is 20.1 Å². The van der Waals surface area contributed by atoms with Gasteiger partial charge in [-0.2, -0.15) is 0 Å². The molecule has 7 heteroatoms. The van der Waals surface area contributed by atoms with E-state index in [0.717, 1.165) is 41.2 Å². The fourth-order valence-corrected chi connectivity index (χ4v) is 4.19. The second-order valence-corrected chi connectivity index (χ2v) is 7.52. The van der Waals surface area contributed by atoms with Gasteiger partial charge in [0.1, 0.15) is 11.5 Å². The smallest absolute Gasteiger partial charge is 0.243 e. The molecule has 0 radical (unpaired) electrons. The molecule has 0 spiro atoms. The number of rotatable bonds is 3. The summed E-state index contributed by atoms with van der Waals surface area (Å²) in [5.74, 6) is 0.397. The van der Waals surface area contributed by atoms with Gasteiger partial charge in [-0.1, -0.05) is 6.07 Å². The first kappa shape index (κ1) is 16.4. The van der Waals surface area contributed by atoms with Crippen molar-refractivity contribution in [2.75, 3.05) is 25.5 Å². The lowest BCUT2D eigenvalue weighted by molar-refractivity contribution is 0.260. The van der Waals surface area contributed by atoms with Crippen LogP contribution in [-0.4, -0.2) is 46.3 Å². The summed E-state index contributed by atoms with van der Waals surface area (Å²) in [6.07, 6.45) is 2.30. The van der Waals surface area contributed by atoms with Gasteiger partial charge >= 0.3 is 0 Å². The fourth-order valence-electron chi connectivity index (χ4n) is 3.34. The zero-order valence-corrected chi connectivity index (χ0v) is 15.1. The summed E-state index contributed by atoms with van der Waals surface area (Å²) in [5.41, 5.74) is 2.47. The lowest BCUT2D eigenvalue weighted by Crippen LogP contribution is -2.40. The molecule has 130 valence electrons. The molecule has 1 N–H and O–H groups in total. The summed E-state index contributed by atoms with van der Waals surface area (Å²) in [5, 5.41) is 14.2. The molecular formula is C18H20FN5S. The average molecular weight is 357 g/mol. The number of nitrogens with one attached hydrogen (secondary N) is 1. The molecule has 1 aromatic carbocycles. The molecule has 1 saturated heterocycles. The number of halogens is 1. The maximum Gasteiger partial charge on any atom is 0.243 e. The highest BCUT2D eigenvalue weighted by molar-refractivity contribution is 7.17. The third-order valence-electron chi connectivity index (χ3n) is 4.62. The van der Waals surface area contributed by atoms with Crippen molar-refractivity contribution in [3.05, 3.63) is 35.1 Å². The maximum atomic E-state index is 13.6. The highest BCUT2D eigenvalue weighted by Gasteiger charge is 2.18. The number of likely N-dealkylation sites (tertiary alicyclic amines) is 1. The molecule has 0 aliphatic carbocycles. The van der Waals surface area contributed by atoms with Gasteiger partial charge in [-0.05, 0) is 45.5 Å². The number of anilines is 1. The van der Waals surface area contributed by atoms with E-state index in [1.807, 2.05) is 19.1 Å². The summed E-state index contributed by atoms with van der Waals surface area (Å²) in [4.78, 5) is 6.89. The van der Waals surface area contributed by atoms with E-state index >= 15 is 0 Å². The number of nitrogens with zero attached hydrogens (tertiary/aromatic N) is 4. The topological polar surface area (TPSA) is 53.9 Å². The number of hydrogen-bond acceptors (Lipinski definition) is 6. The third kappa shape index (κ3) is 3.34. The second-order valence-electron chi connectivity index (χ2n) is 6.61. The molecule has 1 atom stereocenters. The Kier molecular flexibility index (Phi) is 4.35. The van der Waals surface area contributed by atoms with Crippen LogP contribution in [-0.2, 0) is 0 Å². The first-order valence-electron chi connectivity index (χ1n) is 8.43. The molecule has 3 heterocycles. The molecule has 2 aromatic heterocycles. The minimum absolute atomic E-state index is 0.176. The molecule has 4 rings (SSSR count). The maximum absolute atomic E-state index is 13.6.